The number of aromatic carboxylic acids is 1. The Morgan fingerprint density at radius 3 is 2.36 bits per heavy atom. The molecule has 0 aliphatic heterocycles. The van der Waals surface area contributed by atoms with Gasteiger partial charge in [-0.3, -0.25) is 4.79 Å². The van der Waals surface area contributed by atoms with E-state index in [1.54, 1.807) is 35.0 Å². The first-order chi connectivity index (χ1) is 15.6. The van der Waals surface area contributed by atoms with Gasteiger partial charge in [-0.05, 0) is 60.2 Å². The van der Waals surface area contributed by atoms with Gasteiger partial charge in [-0.2, -0.15) is 13.2 Å². The van der Waals surface area contributed by atoms with Crippen molar-refractivity contribution in [3.63, 3.8) is 0 Å². The van der Waals surface area contributed by atoms with Gasteiger partial charge in [0.15, 0.2) is 0 Å². The second-order valence-electron chi connectivity index (χ2n) is 7.30. The lowest BCUT2D eigenvalue weighted by atomic mass is 10.1. The fraction of sp³-hybridized carbons (Fsp3) is 0.0833. The Morgan fingerprint density at radius 1 is 0.970 bits per heavy atom. The molecule has 5 nitrogen and oxygen atoms in total. The Morgan fingerprint density at radius 2 is 1.70 bits per heavy atom. The van der Waals surface area contributed by atoms with Crippen molar-refractivity contribution in [2.45, 2.75) is 12.7 Å². The normalized spacial score (nSPS) is 11.5. The summed E-state index contributed by atoms with van der Waals surface area (Å²) in [4.78, 5) is 23.9. The highest BCUT2D eigenvalue weighted by atomic mass is 35.5. The summed E-state index contributed by atoms with van der Waals surface area (Å²) in [7, 11) is 0. The van der Waals surface area contributed by atoms with Gasteiger partial charge in [0.25, 0.3) is 5.91 Å². The Bertz CT molecular complexity index is 1360. The van der Waals surface area contributed by atoms with Gasteiger partial charge in [-0.1, -0.05) is 23.7 Å². The molecule has 0 saturated carbocycles. The van der Waals surface area contributed by atoms with E-state index in [0.29, 0.717) is 16.1 Å². The molecule has 4 rings (SSSR count). The van der Waals surface area contributed by atoms with Gasteiger partial charge in [0.05, 0.1) is 27.9 Å². The largest absolute Gasteiger partial charge is 0.478 e. The molecule has 0 aliphatic rings. The van der Waals surface area contributed by atoms with E-state index < -0.39 is 23.6 Å². The number of nitrogens with one attached hydrogen (secondary N) is 1. The van der Waals surface area contributed by atoms with Gasteiger partial charge in [0, 0.05) is 23.2 Å². The smallest absolute Gasteiger partial charge is 0.416 e. The van der Waals surface area contributed by atoms with Crippen LogP contribution in [0.5, 0.6) is 0 Å². The van der Waals surface area contributed by atoms with Gasteiger partial charge in [0.2, 0.25) is 0 Å². The van der Waals surface area contributed by atoms with E-state index in [0.717, 1.165) is 17.5 Å². The summed E-state index contributed by atoms with van der Waals surface area (Å²) < 4.78 is 41.7. The van der Waals surface area contributed by atoms with Crippen LogP contribution in [0.4, 0.5) is 13.2 Å². The van der Waals surface area contributed by atoms with Crippen molar-refractivity contribution in [3.05, 3.63) is 100 Å². The minimum atomic E-state index is -4.62. The average molecular weight is 473 g/mol. The third-order valence-electron chi connectivity index (χ3n) is 5.13. The molecule has 1 amide bonds. The molecule has 9 heteroatoms. The number of benzene rings is 3. The van der Waals surface area contributed by atoms with E-state index in [9.17, 15) is 22.8 Å². The Hall–Kier alpha value is -3.78. The number of amides is 1. The maximum absolute atomic E-state index is 13.4. The second kappa shape index (κ2) is 8.63. The lowest BCUT2D eigenvalue weighted by Crippen LogP contribution is -2.25. The lowest BCUT2D eigenvalue weighted by molar-refractivity contribution is -0.137. The van der Waals surface area contributed by atoms with Crippen LogP contribution < -0.4 is 5.32 Å². The summed E-state index contributed by atoms with van der Waals surface area (Å²) >= 11 is 6.02. The molecule has 0 spiro atoms. The molecule has 0 radical (unpaired) electrons. The molecular weight excluding hydrogens is 457 g/mol. The molecule has 0 unspecified atom stereocenters. The molecule has 0 fully saturated rings. The minimum Gasteiger partial charge on any atom is -0.478 e. The first-order valence-electron chi connectivity index (χ1n) is 9.72. The van der Waals surface area contributed by atoms with Gasteiger partial charge >= 0.3 is 12.1 Å². The zero-order chi connectivity index (χ0) is 23.8. The number of hydrogen-bond acceptors (Lipinski definition) is 2. The number of aromatic nitrogens is 1. The maximum Gasteiger partial charge on any atom is 0.416 e. The van der Waals surface area contributed by atoms with Crippen LogP contribution in [0.15, 0.2) is 72.9 Å². The summed E-state index contributed by atoms with van der Waals surface area (Å²) in [6.07, 6.45) is -2.96. The van der Waals surface area contributed by atoms with Crippen LogP contribution in [0.2, 0.25) is 5.02 Å². The van der Waals surface area contributed by atoms with Crippen molar-refractivity contribution in [3.8, 4) is 5.69 Å². The van der Waals surface area contributed by atoms with Crippen LogP contribution in [0.3, 0.4) is 0 Å². The van der Waals surface area contributed by atoms with Crippen LogP contribution in [-0.4, -0.2) is 21.6 Å². The molecule has 1 heterocycles. The van der Waals surface area contributed by atoms with Gasteiger partial charge in [-0.15, -0.1) is 0 Å². The molecule has 4 aromatic rings. The monoisotopic (exact) mass is 472 g/mol. The number of fused-ring (bicyclic) bond motifs is 1. The first kappa shape index (κ1) is 22.4. The standard InChI is InChI=1S/C24H16ClF3N2O3/c25-18-6-8-20-16(11-18)9-10-30(20)21-7-5-17(24(26,27)28)12-19(21)22(31)29-13-14-1-3-15(4-2-14)23(32)33/h1-12H,13H2,(H,29,31)(H,32,33). The molecule has 2 N–H and O–H groups in total. The summed E-state index contributed by atoms with van der Waals surface area (Å²) in [5, 5.41) is 12.9. The molecule has 3 aromatic carbocycles. The number of alkyl halides is 3. The molecular formula is C24H16ClF3N2O3. The number of carbonyl (C=O) groups is 2. The van der Waals surface area contributed by atoms with Crippen LogP contribution in [0, 0.1) is 0 Å². The number of nitrogens with zero attached hydrogens (tertiary/aromatic N) is 1. The van der Waals surface area contributed by atoms with E-state index in [2.05, 4.69) is 5.32 Å². The van der Waals surface area contributed by atoms with E-state index in [1.807, 2.05) is 0 Å². The fourth-order valence-electron chi connectivity index (χ4n) is 3.47. The summed E-state index contributed by atoms with van der Waals surface area (Å²) in [5.41, 5.74) is 0.547. The number of rotatable bonds is 5. The predicted octanol–water partition coefficient (Wildman–Crippen LogP) is 5.93. The molecule has 168 valence electrons. The number of hydrogen-bond donors (Lipinski definition) is 2. The van der Waals surface area contributed by atoms with Crippen molar-refractivity contribution in [1.29, 1.82) is 0 Å². The Labute approximate surface area is 191 Å². The predicted molar refractivity (Wildman–Crippen MR) is 118 cm³/mol. The molecule has 0 bridgehead atoms. The highest BCUT2D eigenvalue weighted by Gasteiger charge is 2.32. The topological polar surface area (TPSA) is 71.3 Å². The highest BCUT2D eigenvalue weighted by molar-refractivity contribution is 6.31. The SMILES string of the molecule is O=C(O)c1ccc(CNC(=O)c2cc(C(F)(F)F)ccc2-n2ccc3cc(Cl)ccc32)cc1. The quantitative estimate of drug-likeness (QED) is 0.378. The fourth-order valence-corrected chi connectivity index (χ4v) is 3.65. The highest BCUT2D eigenvalue weighted by Crippen LogP contribution is 2.33. The van der Waals surface area contributed by atoms with Gasteiger partial charge in [0.1, 0.15) is 0 Å². The van der Waals surface area contributed by atoms with E-state index in [4.69, 9.17) is 16.7 Å². The zero-order valence-corrected chi connectivity index (χ0v) is 17.6. The first-order valence-corrected chi connectivity index (χ1v) is 10.1. The maximum atomic E-state index is 13.4. The second-order valence-corrected chi connectivity index (χ2v) is 7.74. The average Bonchev–Trinajstić information content (AvgIpc) is 3.19. The molecule has 0 aliphatic carbocycles. The number of halogens is 4. The summed E-state index contributed by atoms with van der Waals surface area (Å²) in [6.45, 7) is 0.0104. The number of carbonyl (C=O) groups excluding carboxylic acids is 1. The Kier molecular flexibility index (Phi) is 5.86. The van der Waals surface area contributed by atoms with E-state index >= 15 is 0 Å². The third-order valence-corrected chi connectivity index (χ3v) is 5.37. The van der Waals surface area contributed by atoms with Crippen molar-refractivity contribution >= 4 is 34.4 Å². The van der Waals surface area contributed by atoms with E-state index in [1.165, 1.54) is 30.3 Å². The van der Waals surface area contributed by atoms with Crippen molar-refractivity contribution < 1.29 is 27.9 Å². The lowest BCUT2D eigenvalue weighted by Gasteiger charge is -2.15. The van der Waals surface area contributed by atoms with Crippen LogP contribution in [0.1, 0.15) is 31.8 Å². The molecule has 1 aromatic heterocycles. The zero-order valence-electron chi connectivity index (χ0n) is 16.9. The summed E-state index contributed by atoms with van der Waals surface area (Å²) in [5.74, 6) is -1.78. The Balaban J connectivity index is 1.70. The van der Waals surface area contributed by atoms with E-state index in [-0.39, 0.29) is 23.4 Å². The van der Waals surface area contributed by atoms with Crippen LogP contribution in [0.25, 0.3) is 16.6 Å². The number of carboxylic acids is 1. The summed E-state index contributed by atoms with van der Waals surface area (Å²) in [6, 6.07) is 15.7. The molecule has 0 saturated heterocycles. The van der Waals surface area contributed by atoms with Crippen molar-refractivity contribution in [2.24, 2.45) is 0 Å². The van der Waals surface area contributed by atoms with Crippen molar-refractivity contribution in [2.75, 3.05) is 0 Å². The molecule has 33 heavy (non-hydrogen) atoms. The van der Waals surface area contributed by atoms with Gasteiger partial charge < -0.3 is 15.0 Å². The third kappa shape index (κ3) is 4.70. The minimum absolute atomic E-state index is 0.0104. The van der Waals surface area contributed by atoms with Gasteiger partial charge in [-0.25, -0.2) is 4.79 Å². The van der Waals surface area contributed by atoms with Crippen LogP contribution >= 0.6 is 11.6 Å². The van der Waals surface area contributed by atoms with Crippen molar-refractivity contribution in [1.82, 2.24) is 9.88 Å². The van der Waals surface area contributed by atoms with Crippen LogP contribution in [-0.2, 0) is 12.7 Å². The molecule has 0 atom stereocenters. The number of carboxylic acid groups (broad SMARTS) is 1.